The molecule has 2 aromatic heterocycles. The highest BCUT2D eigenvalue weighted by atomic mass is 16.1. The molecule has 8 nitrogen and oxygen atoms in total. The molecule has 0 aliphatic rings. The fourth-order valence-electron chi connectivity index (χ4n) is 2.62. The number of rotatable bonds is 5. The van der Waals surface area contributed by atoms with E-state index in [1.54, 1.807) is 36.5 Å². The molecule has 2 aromatic carbocycles. The predicted molar refractivity (Wildman–Crippen MR) is 108 cm³/mol. The van der Waals surface area contributed by atoms with Gasteiger partial charge in [0.1, 0.15) is 0 Å². The van der Waals surface area contributed by atoms with Crippen molar-refractivity contribution in [3.8, 4) is 5.82 Å². The normalized spacial score (nSPS) is 10.4. The summed E-state index contributed by atoms with van der Waals surface area (Å²) in [6.45, 7) is 0. The van der Waals surface area contributed by atoms with Crippen LogP contribution in [0.25, 0.3) is 5.82 Å². The summed E-state index contributed by atoms with van der Waals surface area (Å²) in [7, 11) is 0. The first kappa shape index (κ1) is 17.2. The van der Waals surface area contributed by atoms with Crippen LogP contribution in [0.4, 0.5) is 23.3 Å². The molecular weight excluding hydrogens is 354 g/mol. The molecule has 0 aliphatic heterocycles. The van der Waals surface area contributed by atoms with Crippen molar-refractivity contribution in [1.82, 2.24) is 19.7 Å². The average molecular weight is 371 g/mol. The van der Waals surface area contributed by atoms with E-state index in [-0.39, 0.29) is 11.9 Å². The zero-order chi connectivity index (χ0) is 19.3. The molecule has 0 saturated heterocycles. The van der Waals surface area contributed by atoms with Crippen LogP contribution >= 0.6 is 0 Å². The zero-order valence-corrected chi connectivity index (χ0v) is 14.8. The monoisotopic (exact) mass is 371 g/mol. The minimum absolute atomic E-state index is 0.181. The Labute approximate surface area is 161 Å². The number of carbonyl (C=O) groups is 1. The topological polar surface area (TPSA) is 111 Å². The lowest BCUT2D eigenvalue weighted by Gasteiger charge is -2.08. The highest BCUT2D eigenvalue weighted by molar-refractivity contribution is 6.04. The summed E-state index contributed by atoms with van der Waals surface area (Å²) < 4.78 is 1.45. The van der Waals surface area contributed by atoms with E-state index in [1.807, 2.05) is 42.5 Å². The third-order valence-electron chi connectivity index (χ3n) is 3.91. The van der Waals surface area contributed by atoms with E-state index in [1.165, 1.54) is 4.68 Å². The number of benzene rings is 2. The molecule has 0 unspecified atom stereocenters. The van der Waals surface area contributed by atoms with E-state index in [2.05, 4.69) is 25.7 Å². The van der Waals surface area contributed by atoms with E-state index in [0.717, 1.165) is 0 Å². The molecule has 138 valence electrons. The van der Waals surface area contributed by atoms with Crippen molar-refractivity contribution in [1.29, 1.82) is 0 Å². The number of nitrogens with one attached hydrogen (secondary N) is 2. The van der Waals surface area contributed by atoms with Crippen molar-refractivity contribution in [2.45, 2.75) is 0 Å². The summed E-state index contributed by atoms with van der Waals surface area (Å²) in [5, 5.41) is 10.3. The summed E-state index contributed by atoms with van der Waals surface area (Å²) in [5.41, 5.74) is 7.89. The number of nitrogen functional groups attached to an aromatic ring is 1. The van der Waals surface area contributed by atoms with Crippen LogP contribution in [-0.2, 0) is 0 Å². The fourth-order valence-corrected chi connectivity index (χ4v) is 2.62. The summed E-state index contributed by atoms with van der Waals surface area (Å²) >= 11 is 0. The zero-order valence-electron chi connectivity index (χ0n) is 14.8. The van der Waals surface area contributed by atoms with Crippen LogP contribution in [0.3, 0.4) is 0 Å². The van der Waals surface area contributed by atoms with Gasteiger partial charge in [-0.05, 0) is 42.5 Å². The van der Waals surface area contributed by atoms with Crippen LogP contribution in [-0.4, -0.2) is 25.7 Å². The number of amides is 1. The van der Waals surface area contributed by atoms with Crippen molar-refractivity contribution in [2.24, 2.45) is 0 Å². The summed E-state index contributed by atoms with van der Waals surface area (Å²) in [4.78, 5) is 20.7. The Balaban J connectivity index is 1.50. The highest BCUT2D eigenvalue weighted by Crippen LogP contribution is 2.20. The minimum atomic E-state index is -0.181. The molecule has 0 spiro atoms. The standard InChI is InChI=1S/C20H17N7O/c21-19-25-20(26-27(19)17-11-4-5-12-22-17)24-16-10-6-9-15(13-16)23-18(28)14-7-2-1-3-8-14/h1-13H,(H,23,28)(H3,21,24,25,26). The Hall–Kier alpha value is -4.20. The molecular formula is C20H17N7O. The number of nitrogens with zero attached hydrogens (tertiary/aromatic N) is 4. The molecule has 0 bridgehead atoms. The van der Waals surface area contributed by atoms with Gasteiger partial charge in [-0.25, -0.2) is 4.98 Å². The van der Waals surface area contributed by atoms with Crippen molar-refractivity contribution in [3.63, 3.8) is 0 Å². The number of hydrogen-bond donors (Lipinski definition) is 3. The van der Waals surface area contributed by atoms with Crippen LogP contribution in [0.5, 0.6) is 0 Å². The third kappa shape index (κ3) is 3.80. The predicted octanol–water partition coefficient (Wildman–Crippen LogP) is 3.24. The van der Waals surface area contributed by atoms with E-state index in [4.69, 9.17) is 5.73 Å². The van der Waals surface area contributed by atoms with Crippen LogP contribution in [0.2, 0.25) is 0 Å². The summed E-state index contributed by atoms with van der Waals surface area (Å²) in [6.07, 6.45) is 1.66. The first-order valence-electron chi connectivity index (χ1n) is 8.56. The Morgan fingerprint density at radius 1 is 0.929 bits per heavy atom. The lowest BCUT2D eigenvalue weighted by molar-refractivity contribution is 0.102. The van der Waals surface area contributed by atoms with Crippen LogP contribution in [0.15, 0.2) is 79.0 Å². The maximum Gasteiger partial charge on any atom is 0.255 e. The molecule has 4 rings (SSSR count). The van der Waals surface area contributed by atoms with E-state index < -0.39 is 0 Å². The van der Waals surface area contributed by atoms with E-state index in [9.17, 15) is 4.79 Å². The molecule has 4 aromatic rings. The third-order valence-corrected chi connectivity index (χ3v) is 3.91. The van der Waals surface area contributed by atoms with Gasteiger partial charge in [-0.1, -0.05) is 30.3 Å². The highest BCUT2D eigenvalue weighted by Gasteiger charge is 2.10. The molecule has 0 saturated carbocycles. The van der Waals surface area contributed by atoms with Gasteiger partial charge in [0.15, 0.2) is 5.82 Å². The Kier molecular flexibility index (Phi) is 4.67. The van der Waals surface area contributed by atoms with Gasteiger partial charge in [0, 0.05) is 23.1 Å². The first-order valence-corrected chi connectivity index (χ1v) is 8.56. The smallest absolute Gasteiger partial charge is 0.255 e. The number of anilines is 4. The largest absolute Gasteiger partial charge is 0.368 e. The van der Waals surface area contributed by atoms with Crippen molar-refractivity contribution in [3.05, 3.63) is 84.6 Å². The second kappa shape index (κ2) is 7.58. The van der Waals surface area contributed by atoms with Crippen LogP contribution in [0, 0.1) is 0 Å². The molecule has 2 heterocycles. The molecule has 0 aliphatic carbocycles. The van der Waals surface area contributed by atoms with Gasteiger partial charge in [-0.15, -0.1) is 5.10 Å². The molecule has 1 amide bonds. The first-order chi connectivity index (χ1) is 13.7. The van der Waals surface area contributed by atoms with Crippen LogP contribution in [0.1, 0.15) is 10.4 Å². The van der Waals surface area contributed by atoms with Crippen LogP contribution < -0.4 is 16.4 Å². The maximum absolute atomic E-state index is 12.3. The van der Waals surface area contributed by atoms with Gasteiger partial charge < -0.3 is 16.4 Å². The van der Waals surface area contributed by atoms with Gasteiger partial charge in [-0.3, -0.25) is 4.79 Å². The van der Waals surface area contributed by atoms with Gasteiger partial charge in [0.05, 0.1) is 0 Å². The second-order valence-electron chi connectivity index (χ2n) is 5.92. The van der Waals surface area contributed by atoms with E-state index >= 15 is 0 Å². The summed E-state index contributed by atoms with van der Waals surface area (Å²) in [5.74, 6) is 0.938. The maximum atomic E-state index is 12.3. The molecule has 4 N–H and O–H groups in total. The second-order valence-corrected chi connectivity index (χ2v) is 5.92. The minimum Gasteiger partial charge on any atom is -0.368 e. The molecule has 0 atom stereocenters. The van der Waals surface area contributed by atoms with Gasteiger partial charge in [0.25, 0.3) is 5.91 Å². The lowest BCUT2D eigenvalue weighted by Crippen LogP contribution is -2.11. The van der Waals surface area contributed by atoms with Gasteiger partial charge in [0.2, 0.25) is 11.9 Å². The molecule has 28 heavy (non-hydrogen) atoms. The van der Waals surface area contributed by atoms with Crippen molar-refractivity contribution in [2.75, 3.05) is 16.4 Å². The van der Waals surface area contributed by atoms with Crippen molar-refractivity contribution < 1.29 is 4.79 Å². The molecule has 0 radical (unpaired) electrons. The SMILES string of the molecule is Nc1nc(Nc2cccc(NC(=O)c3ccccc3)c2)nn1-c1ccccn1. The molecule has 0 fully saturated rings. The number of nitrogens with two attached hydrogens (primary N) is 1. The summed E-state index contributed by atoms with van der Waals surface area (Å²) in [6, 6.07) is 21.7. The number of aromatic nitrogens is 4. The fraction of sp³-hybridized carbons (Fsp3) is 0. The molecule has 8 heteroatoms. The van der Waals surface area contributed by atoms with Crippen molar-refractivity contribution >= 4 is 29.2 Å². The average Bonchev–Trinajstić information content (AvgIpc) is 3.09. The van der Waals surface area contributed by atoms with Gasteiger partial charge in [-0.2, -0.15) is 9.67 Å². The quantitative estimate of drug-likeness (QED) is 0.497. The lowest BCUT2D eigenvalue weighted by atomic mass is 10.2. The van der Waals surface area contributed by atoms with E-state index in [0.29, 0.717) is 28.7 Å². The Morgan fingerprint density at radius 2 is 1.71 bits per heavy atom. The number of hydrogen-bond acceptors (Lipinski definition) is 6. The Morgan fingerprint density at radius 3 is 2.50 bits per heavy atom. The number of pyridine rings is 1. The Bertz CT molecular complexity index is 1090. The number of carbonyl (C=O) groups excluding carboxylic acids is 1. The van der Waals surface area contributed by atoms with Gasteiger partial charge >= 0.3 is 0 Å².